The SMILES string of the molecule is CCCCN(CC)Cc1nc(CC)no1. The zero-order valence-corrected chi connectivity index (χ0v) is 9.99. The molecule has 0 bridgehead atoms. The molecule has 0 radical (unpaired) electrons. The maximum absolute atomic E-state index is 5.17. The highest BCUT2D eigenvalue weighted by molar-refractivity contribution is 4.85. The molecule has 4 heteroatoms. The number of aromatic nitrogens is 2. The summed E-state index contributed by atoms with van der Waals surface area (Å²) in [5.41, 5.74) is 0. The van der Waals surface area contributed by atoms with Gasteiger partial charge in [-0.2, -0.15) is 4.98 Å². The molecule has 0 spiro atoms. The van der Waals surface area contributed by atoms with E-state index in [1.54, 1.807) is 0 Å². The van der Waals surface area contributed by atoms with Crippen LogP contribution in [-0.4, -0.2) is 28.1 Å². The third kappa shape index (κ3) is 4.00. The van der Waals surface area contributed by atoms with E-state index >= 15 is 0 Å². The molecule has 1 aromatic rings. The molecule has 15 heavy (non-hydrogen) atoms. The van der Waals surface area contributed by atoms with Crippen molar-refractivity contribution < 1.29 is 4.52 Å². The number of unbranched alkanes of at least 4 members (excludes halogenated alkanes) is 1. The maximum Gasteiger partial charge on any atom is 0.240 e. The highest BCUT2D eigenvalue weighted by Crippen LogP contribution is 2.04. The summed E-state index contributed by atoms with van der Waals surface area (Å²) in [5, 5.41) is 3.89. The summed E-state index contributed by atoms with van der Waals surface area (Å²) in [7, 11) is 0. The summed E-state index contributed by atoms with van der Waals surface area (Å²) < 4.78 is 5.17. The highest BCUT2D eigenvalue weighted by atomic mass is 16.5. The van der Waals surface area contributed by atoms with E-state index in [-0.39, 0.29) is 0 Å². The monoisotopic (exact) mass is 211 g/mol. The number of aryl methyl sites for hydroxylation is 1. The number of rotatable bonds is 7. The predicted molar refractivity (Wildman–Crippen MR) is 59.5 cm³/mol. The van der Waals surface area contributed by atoms with Gasteiger partial charge in [0, 0.05) is 6.42 Å². The minimum absolute atomic E-state index is 0.741. The number of nitrogens with zero attached hydrogens (tertiary/aromatic N) is 3. The van der Waals surface area contributed by atoms with Gasteiger partial charge in [-0.15, -0.1) is 0 Å². The van der Waals surface area contributed by atoms with Gasteiger partial charge in [-0.1, -0.05) is 32.3 Å². The molecule has 86 valence electrons. The highest BCUT2D eigenvalue weighted by Gasteiger charge is 2.09. The van der Waals surface area contributed by atoms with Gasteiger partial charge in [0.15, 0.2) is 5.82 Å². The topological polar surface area (TPSA) is 42.2 Å². The lowest BCUT2D eigenvalue weighted by atomic mass is 10.3. The van der Waals surface area contributed by atoms with Crippen LogP contribution in [0.3, 0.4) is 0 Å². The average Bonchev–Trinajstić information content (AvgIpc) is 2.71. The van der Waals surface area contributed by atoms with Crippen molar-refractivity contribution >= 4 is 0 Å². The normalized spacial score (nSPS) is 11.2. The van der Waals surface area contributed by atoms with Crippen molar-refractivity contribution in [2.45, 2.75) is 46.6 Å². The van der Waals surface area contributed by atoms with E-state index in [1.807, 2.05) is 6.92 Å². The fourth-order valence-corrected chi connectivity index (χ4v) is 1.42. The van der Waals surface area contributed by atoms with Crippen molar-refractivity contribution in [2.24, 2.45) is 0 Å². The maximum atomic E-state index is 5.17. The standard InChI is InChI=1S/C11H21N3O/c1-4-7-8-14(6-3)9-11-12-10(5-2)13-15-11/h4-9H2,1-3H3. The number of hydrogen-bond donors (Lipinski definition) is 0. The Bertz CT molecular complexity index is 273. The van der Waals surface area contributed by atoms with E-state index in [0.717, 1.165) is 37.8 Å². The van der Waals surface area contributed by atoms with Crippen LogP contribution >= 0.6 is 0 Å². The van der Waals surface area contributed by atoms with Crippen molar-refractivity contribution in [3.05, 3.63) is 11.7 Å². The molecule has 0 saturated carbocycles. The first-order valence-corrected chi connectivity index (χ1v) is 5.83. The Morgan fingerprint density at radius 2 is 2.07 bits per heavy atom. The summed E-state index contributed by atoms with van der Waals surface area (Å²) in [6, 6.07) is 0. The fourth-order valence-electron chi connectivity index (χ4n) is 1.42. The number of hydrogen-bond acceptors (Lipinski definition) is 4. The van der Waals surface area contributed by atoms with Crippen LogP contribution < -0.4 is 0 Å². The Kier molecular flexibility index (Phi) is 5.32. The third-order valence-electron chi connectivity index (χ3n) is 2.46. The molecule has 0 amide bonds. The molecule has 4 nitrogen and oxygen atoms in total. The smallest absolute Gasteiger partial charge is 0.240 e. The van der Waals surface area contributed by atoms with Gasteiger partial charge >= 0.3 is 0 Å². The van der Waals surface area contributed by atoms with Crippen molar-refractivity contribution in [3.8, 4) is 0 Å². The first-order chi connectivity index (χ1) is 7.30. The van der Waals surface area contributed by atoms with Crippen LogP contribution in [0.15, 0.2) is 4.52 Å². The summed E-state index contributed by atoms with van der Waals surface area (Å²) >= 11 is 0. The van der Waals surface area contributed by atoms with Crippen LogP contribution in [0.2, 0.25) is 0 Å². The molecule has 0 atom stereocenters. The molecule has 0 aliphatic carbocycles. The minimum atomic E-state index is 0.741. The molecule has 1 rings (SSSR count). The average molecular weight is 211 g/mol. The quantitative estimate of drug-likeness (QED) is 0.693. The molecule has 1 aromatic heterocycles. The molecular formula is C11H21N3O. The predicted octanol–water partition coefficient (Wildman–Crippen LogP) is 2.25. The molecular weight excluding hydrogens is 190 g/mol. The van der Waals surface area contributed by atoms with E-state index in [9.17, 15) is 0 Å². The van der Waals surface area contributed by atoms with Gasteiger partial charge in [-0.25, -0.2) is 0 Å². The minimum Gasteiger partial charge on any atom is -0.338 e. The Labute approximate surface area is 91.7 Å². The molecule has 0 aliphatic rings. The molecule has 0 N–H and O–H groups in total. The Morgan fingerprint density at radius 1 is 1.27 bits per heavy atom. The second-order valence-corrected chi connectivity index (χ2v) is 3.68. The summed E-state index contributed by atoms with van der Waals surface area (Å²) in [5.74, 6) is 1.54. The summed E-state index contributed by atoms with van der Waals surface area (Å²) in [4.78, 5) is 6.63. The molecule has 0 saturated heterocycles. The Morgan fingerprint density at radius 3 is 2.60 bits per heavy atom. The van der Waals surface area contributed by atoms with Crippen LogP contribution in [-0.2, 0) is 13.0 Å². The molecule has 0 aliphatic heterocycles. The second kappa shape index (κ2) is 6.56. The van der Waals surface area contributed by atoms with Crippen molar-refractivity contribution in [2.75, 3.05) is 13.1 Å². The lowest BCUT2D eigenvalue weighted by Crippen LogP contribution is -2.24. The Balaban J connectivity index is 2.43. The van der Waals surface area contributed by atoms with Crippen LogP contribution in [0.1, 0.15) is 45.3 Å². The van der Waals surface area contributed by atoms with Crippen LogP contribution in [0.4, 0.5) is 0 Å². The molecule has 0 unspecified atom stereocenters. The fraction of sp³-hybridized carbons (Fsp3) is 0.818. The van der Waals surface area contributed by atoms with Gasteiger partial charge in [0.1, 0.15) is 0 Å². The van der Waals surface area contributed by atoms with Crippen LogP contribution in [0, 0.1) is 0 Å². The summed E-state index contributed by atoms with van der Waals surface area (Å²) in [6.45, 7) is 9.32. The van der Waals surface area contributed by atoms with Gasteiger partial charge in [-0.05, 0) is 19.5 Å². The van der Waals surface area contributed by atoms with Gasteiger partial charge in [0.2, 0.25) is 5.89 Å². The molecule has 0 fully saturated rings. The van der Waals surface area contributed by atoms with Gasteiger partial charge in [0.25, 0.3) is 0 Å². The molecule has 0 aromatic carbocycles. The van der Waals surface area contributed by atoms with Gasteiger partial charge in [-0.3, -0.25) is 4.90 Å². The zero-order valence-electron chi connectivity index (χ0n) is 9.99. The van der Waals surface area contributed by atoms with E-state index in [4.69, 9.17) is 4.52 Å². The summed E-state index contributed by atoms with van der Waals surface area (Å²) in [6.07, 6.45) is 3.29. The first-order valence-electron chi connectivity index (χ1n) is 5.83. The van der Waals surface area contributed by atoms with Crippen molar-refractivity contribution in [1.82, 2.24) is 15.0 Å². The van der Waals surface area contributed by atoms with Crippen LogP contribution in [0.25, 0.3) is 0 Å². The van der Waals surface area contributed by atoms with Crippen molar-refractivity contribution in [3.63, 3.8) is 0 Å². The molecule has 1 heterocycles. The van der Waals surface area contributed by atoms with Gasteiger partial charge < -0.3 is 4.52 Å². The van der Waals surface area contributed by atoms with E-state index in [2.05, 4.69) is 28.9 Å². The largest absolute Gasteiger partial charge is 0.338 e. The second-order valence-electron chi connectivity index (χ2n) is 3.68. The van der Waals surface area contributed by atoms with Gasteiger partial charge in [0.05, 0.1) is 6.54 Å². The van der Waals surface area contributed by atoms with Crippen molar-refractivity contribution in [1.29, 1.82) is 0 Å². The van der Waals surface area contributed by atoms with Crippen LogP contribution in [0.5, 0.6) is 0 Å². The van der Waals surface area contributed by atoms with E-state index in [0.29, 0.717) is 0 Å². The van der Waals surface area contributed by atoms with E-state index < -0.39 is 0 Å². The first kappa shape index (κ1) is 12.2. The third-order valence-corrected chi connectivity index (χ3v) is 2.46. The van der Waals surface area contributed by atoms with E-state index in [1.165, 1.54) is 12.8 Å². The lowest BCUT2D eigenvalue weighted by molar-refractivity contribution is 0.233. The lowest BCUT2D eigenvalue weighted by Gasteiger charge is -2.17. The zero-order chi connectivity index (χ0) is 11.1. The Hall–Kier alpha value is -0.900.